The van der Waals surface area contributed by atoms with E-state index in [0.29, 0.717) is 5.69 Å². The van der Waals surface area contributed by atoms with Crippen LogP contribution < -0.4 is 0 Å². The van der Waals surface area contributed by atoms with E-state index in [2.05, 4.69) is 9.98 Å². The van der Waals surface area contributed by atoms with Crippen molar-refractivity contribution in [1.82, 2.24) is 4.98 Å². The van der Waals surface area contributed by atoms with Gasteiger partial charge in [-0.1, -0.05) is 41.7 Å². The van der Waals surface area contributed by atoms with Gasteiger partial charge in [0.05, 0.1) is 0 Å². The molecular weight excluding hydrogens is 212 g/mol. The Labute approximate surface area is 89.6 Å². The highest BCUT2D eigenvalue weighted by molar-refractivity contribution is 7.17. The van der Waals surface area contributed by atoms with Crippen LogP contribution in [0.2, 0.25) is 0 Å². The molecule has 2 aromatic rings. The summed E-state index contributed by atoms with van der Waals surface area (Å²) in [6.07, 6.45) is 1.39. The summed E-state index contributed by atoms with van der Waals surface area (Å²) in [5.74, 6) is 0. The molecule has 1 heterocycles. The van der Waals surface area contributed by atoms with Gasteiger partial charge in [-0.15, -0.1) is 4.99 Å². The maximum absolute atomic E-state index is 10.0. The quantitative estimate of drug-likeness (QED) is 0.622. The van der Waals surface area contributed by atoms with Gasteiger partial charge in [-0.2, -0.15) is 0 Å². The van der Waals surface area contributed by atoms with E-state index in [1.165, 1.54) is 6.08 Å². The van der Waals surface area contributed by atoms with Gasteiger partial charge in [0.1, 0.15) is 5.69 Å². The third-order valence-corrected chi connectivity index (χ3v) is 2.54. The Balaban J connectivity index is 2.49. The molecule has 0 atom stereocenters. The maximum atomic E-state index is 10.0. The highest BCUT2D eigenvalue weighted by Gasteiger charge is 2.10. The number of nitrogens with zero attached hydrogens (tertiary/aromatic N) is 2. The van der Waals surface area contributed by atoms with E-state index in [4.69, 9.17) is 0 Å². The van der Waals surface area contributed by atoms with Crippen molar-refractivity contribution in [3.63, 3.8) is 0 Å². The smallest absolute Gasteiger partial charge is 0.242 e. The van der Waals surface area contributed by atoms with E-state index in [-0.39, 0.29) is 10.2 Å². The molecule has 0 aliphatic heterocycles. The SMILES string of the molecule is O=C=Nc1nc(-c2ccccc2)c(O)s1. The molecule has 0 radical (unpaired) electrons. The third kappa shape index (κ3) is 1.93. The highest BCUT2D eigenvalue weighted by Crippen LogP contribution is 2.37. The summed E-state index contributed by atoms with van der Waals surface area (Å²) in [4.78, 5) is 17.4. The molecule has 0 saturated heterocycles. The number of hydrogen-bond acceptors (Lipinski definition) is 5. The topological polar surface area (TPSA) is 62.5 Å². The molecule has 0 unspecified atom stereocenters. The minimum Gasteiger partial charge on any atom is -0.498 e. The summed E-state index contributed by atoms with van der Waals surface area (Å²) in [5.41, 5.74) is 1.23. The first kappa shape index (κ1) is 9.58. The monoisotopic (exact) mass is 218 g/mol. The fourth-order valence-corrected chi connectivity index (χ4v) is 1.82. The molecule has 0 aliphatic carbocycles. The van der Waals surface area contributed by atoms with Crippen LogP contribution in [-0.2, 0) is 4.79 Å². The molecule has 0 bridgehead atoms. The molecule has 0 aliphatic rings. The summed E-state index contributed by atoms with van der Waals surface area (Å²) >= 11 is 0.949. The summed E-state index contributed by atoms with van der Waals surface area (Å²) in [6, 6.07) is 9.21. The van der Waals surface area contributed by atoms with Gasteiger partial charge in [0, 0.05) is 5.56 Å². The Morgan fingerprint density at radius 2 is 2.07 bits per heavy atom. The summed E-state index contributed by atoms with van der Waals surface area (Å²) in [6.45, 7) is 0. The van der Waals surface area contributed by atoms with Crippen LogP contribution in [0.1, 0.15) is 0 Å². The van der Waals surface area contributed by atoms with Crippen molar-refractivity contribution in [2.24, 2.45) is 4.99 Å². The second-order valence-electron chi connectivity index (χ2n) is 2.72. The lowest BCUT2D eigenvalue weighted by Gasteiger charge is -1.94. The molecule has 0 saturated carbocycles. The number of carbonyl (C=O) groups excluding carboxylic acids is 1. The Bertz CT molecular complexity index is 515. The zero-order valence-electron chi connectivity index (χ0n) is 7.54. The van der Waals surface area contributed by atoms with Gasteiger partial charge in [-0.05, 0) is 0 Å². The van der Waals surface area contributed by atoms with Gasteiger partial charge in [-0.3, -0.25) is 0 Å². The van der Waals surface area contributed by atoms with E-state index in [0.717, 1.165) is 16.9 Å². The molecule has 0 spiro atoms. The number of aromatic hydroxyl groups is 1. The molecule has 4 nitrogen and oxygen atoms in total. The van der Waals surface area contributed by atoms with Gasteiger partial charge in [0.2, 0.25) is 16.3 Å². The Morgan fingerprint density at radius 3 is 2.73 bits per heavy atom. The number of aliphatic imine (C=N–C) groups is 1. The third-order valence-electron chi connectivity index (χ3n) is 1.79. The van der Waals surface area contributed by atoms with E-state index >= 15 is 0 Å². The average molecular weight is 218 g/mol. The lowest BCUT2D eigenvalue weighted by atomic mass is 10.2. The minimum atomic E-state index is 0.0511. The van der Waals surface area contributed by atoms with Crippen molar-refractivity contribution < 1.29 is 9.90 Å². The van der Waals surface area contributed by atoms with Gasteiger partial charge in [0.15, 0.2) is 0 Å². The highest BCUT2D eigenvalue weighted by atomic mass is 32.1. The second kappa shape index (κ2) is 4.04. The molecule has 1 aromatic heterocycles. The molecule has 1 N–H and O–H groups in total. The number of isocyanates is 1. The second-order valence-corrected chi connectivity index (χ2v) is 3.68. The van der Waals surface area contributed by atoms with Crippen molar-refractivity contribution >= 4 is 22.5 Å². The van der Waals surface area contributed by atoms with Crippen LogP contribution in [0.3, 0.4) is 0 Å². The number of benzene rings is 1. The molecule has 5 heteroatoms. The van der Waals surface area contributed by atoms with Crippen LogP contribution in [-0.4, -0.2) is 16.2 Å². The molecule has 15 heavy (non-hydrogen) atoms. The lowest BCUT2D eigenvalue weighted by molar-refractivity contribution is 0.491. The van der Waals surface area contributed by atoms with E-state index < -0.39 is 0 Å². The fraction of sp³-hybridized carbons (Fsp3) is 0. The minimum absolute atomic E-state index is 0.0511. The molecular formula is C10H6N2O2S. The van der Waals surface area contributed by atoms with E-state index in [1.807, 2.05) is 30.3 Å². The van der Waals surface area contributed by atoms with Crippen molar-refractivity contribution in [2.75, 3.05) is 0 Å². The molecule has 1 aromatic carbocycles. The predicted octanol–water partition coefficient (Wildman–Crippen LogP) is 2.48. The Kier molecular flexibility index (Phi) is 2.58. The maximum Gasteiger partial charge on any atom is 0.242 e. The van der Waals surface area contributed by atoms with Crippen LogP contribution in [0.4, 0.5) is 5.13 Å². The normalized spacial score (nSPS) is 9.60. The molecule has 74 valence electrons. The fourth-order valence-electron chi connectivity index (χ4n) is 1.17. The van der Waals surface area contributed by atoms with Crippen LogP contribution >= 0.6 is 11.3 Å². The summed E-state index contributed by atoms with van der Waals surface area (Å²) < 4.78 is 0. The van der Waals surface area contributed by atoms with Gasteiger partial charge < -0.3 is 5.11 Å². The van der Waals surface area contributed by atoms with Crippen molar-refractivity contribution in [3.05, 3.63) is 30.3 Å². The van der Waals surface area contributed by atoms with Crippen LogP contribution in [0.15, 0.2) is 35.3 Å². The van der Waals surface area contributed by atoms with Crippen molar-refractivity contribution in [2.45, 2.75) is 0 Å². The number of thiazole rings is 1. The molecule has 0 fully saturated rings. The van der Waals surface area contributed by atoms with Crippen molar-refractivity contribution in [3.8, 4) is 16.3 Å². The molecule has 2 rings (SSSR count). The molecule has 0 amide bonds. The van der Waals surface area contributed by atoms with Crippen LogP contribution in [0.5, 0.6) is 5.06 Å². The van der Waals surface area contributed by atoms with Gasteiger partial charge in [-0.25, -0.2) is 9.78 Å². The first-order chi connectivity index (χ1) is 7.31. The Morgan fingerprint density at radius 1 is 1.33 bits per heavy atom. The van der Waals surface area contributed by atoms with Crippen molar-refractivity contribution in [1.29, 1.82) is 0 Å². The predicted molar refractivity (Wildman–Crippen MR) is 57.0 cm³/mol. The largest absolute Gasteiger partial charge is 0.498 e. The average Bonchev–Trinajstić information content (AvgIpc) is 2.61. The standard InChI is InChI=1S/C10H6N2O2S/c13-6-11-10-12-8(9(14)15-10)7-4-2-1-3-5-7/h1-5,14H. The van der Waals surface area contributed by atoms with Gasteiger partial charge >= 0.3 is 0 Å². The van der Waals surface area contributed by atoms with Gasteiger partial charge in [0.25, 0.3) is 0 Å². The lowest BCUT2D eigenvalue weighted by Crippen LogP contribution is -1.76. The first-order valence-electron chi connectivity index (χ1n) is 4.14. The van der Waals surface area contributed by atoms with Crippen LogP contribution in [0.25, 0.3) is 11.3 Å². The summed E-state index contributed by atoms with van der Waals surface area (Å²) in [7, 11) is 0. The van der Waals surface area contributed by atoms with Crippen LogP contribution in [0, 0.1) is 0 Å². The number of rotatable bonds is 2. The summed E-state index contributed by atoms with van der Waals surface area (Å²) in [5, 5.41) is 9.84. The van der Waals surface area contributed by atoms with E-state index in [9.17, 15) is 9.90 Å². The first-order valence-corrected chi connectivity index (χ1v) is 4.96. The zero-order valence-corrected chi connectivity index (χ0v) is 8.36. The Hall–Kier alpha value is -1.97. The zero-order chi connectivity index (χ0) is 10.7. The number of hydrogen-bond donors (Lipinski definition) is 1. The number of aromatic nitrogens is 1. The van der Waals surface area contributed by atoms with E-state index in [1.54, 1.807) is 0 Å².